The Morgan fingerprint density at radius 1 is 0.976 bits per heavy atom. The molecule has 0 saturated heterocycles. The summed E-state index contributed by atoms with van der Waals surface area (Å²) in [5, 5.41) is 3.83. The Labute approximate surface area is 248 Å². The van der Waals surface area contributed by atoms with E-state index < -0.39 is 17.5 Å². The molecule has 0 aromatic heterocycles. The van der Waals surface area contributed by atoms with Crippen LogP contribution in [0.2, 0.25) is 0 Å². The molecule has 0 bridgehead atoms. The van der Waals surface area contributed by atoms with E-state index in [0.717, 1.165) is 47.9 Å². The molecule has 3 aromatic rings. The van der Waals surface area contributed by atoms with E-state index in [1.54, 1.807) is 19.2 Å². The first-order valence-corrected chi connectivity index (χ1v) is 14.3. The second kappa shape index (κ2) is 12.3. The highest BCUT2D eigenvalue weighted by Gasteiger charge is 2.39. The summed E-state index contributed by atoms with van der Waals surface area (Å²) in [6.07, 6.45) is -0.902. The van der Waals surface area contributed by atoms with Gasteiger partial charge in [-0.3, -0.25) is 9.59 Å². The topological polar surface area (TPSA) is 58.6 Å². The number of ether oxygens (including phenoxy) is 1. The molecule has 2 aliphatic carbocycles. The largest absolute Gasteiger partial charge is 0.496 e. The van der Waals surface area contributed by atoms with Gasteiger partial charge in [0.15, 0.2) is 0 Å². The lowest BCUT2D eigenvalue weighted by Gasteiger charge is -2.37. The zero-order valence-electron chi connectivity index (χ0n) is 23.4. The fourth-order valence-electron chi connectivity index (χ4n) is 5.95. The van der Waals surface area contributed by atoms with Gasteiger partial charge < -0.3 is 15.0 Å². The molecule has 0 atom stereocenters. The van der Waals surface area contributed by atoms with Crippen molar-refractivity contribution in [3.05, 3.63) is 94.6 Å². The van der Waals surface area contributed by atoms with Crippen molar-refractivity contribution in [2.24, 2.45) is 0 Å². The van der Waals surface area contributed by atoms with Crippen molar-refractivity contribution in [2.75, 3.05) is 14.2 Å². The van der Waals surface area contributed by atoms with Crippen molar-refractivity contribution < 1.29 is 27.5 Å². The van der Waals surface area contributed by atoms with Crippen molar-refractivity contribution >= 4 is 28.3 Å². The van der Waals surface area contributed by atoms with Crippen molar-refractivity contribution in [2.45, 2.75) is 56.9 Å². The molecule has 1 amide bonds. The fraction of sp³-hybridized carbons (Fsp3) is 0.333. The SMILES string of the molecule is CNC1CCC(N(Cc2cc(-c3ccc(C(=O)C(F)(F)F)cc3)ccc2OC)C(=O)C2=C(Cl)c3ccccc3C2)CC1. The number of fused-ring (bicyclic) bond motifs is 1. The third-order valence-corrected chi connectivity index (χ3v) is 8.74. The van der Waals surface area contributed by atoms with Gasteiger partial charge in [0.1, 0.15) is 5.75 Å². The Balaban J connectivity index is 1.47. The number of Topliss-reactive ketones (excluding diaryl/α,β-unsaturated/α-hetero) is 1. The van der Waals surface area contributed by atoms with Crippen LogP contribution in [-0.4, -0.2) is 49.0 Å². The number of halogens is 4. The Morgan fingerprint density at radius 3 is 2.26 bits per heavy atom. The highest BCUT2D eigenvalue weighted by molar-refractivity contribution is 6.51. The highest BCUT2D eigenvalue weighted by Crippen LogP contribution is 2.38. The third-order valence-electron chi connectivity index (χ3n) is 8.31. The average molecular weight is 597 g/mol. The number of carbonyl (C=O) groups is 2. The molecular formula is C33H32ClF3N2O3. The Kier molecular flexibility index (Phi) is 8.76. The van der Waals surface area contributed by atoms with Gasteiger partial charge >= 0.3 is 6.18 Å². The van der Waals surface area contributed by atoms with Crippen LogP contribution in [-0.2, 0) is 17.8 Å². The number of alkyl halides is 3. The van der Waals surface area contributed by atoms with Gasteiger partial charge in [-0.1, -0.05) is 66.2 Å². The van der Waals surface area contributed by atoms with Crippen LogP contribution in [0.25, 0.3) is 16.2 Å². The van der Waals surface area contributed by atoms with Crippen LogP contribution in [0.3, 0.4) is 0 Å². The minimum Gasteiger partial charge on any atom is -0.496 e. The number of nitrogens with one attached hydrogen (secondary N) is 1. The van der Waals surface area contributed by atoms with Crippen LogP contribution in [0.5, 0.6) is 5.75 Å². The summed E-state index contributed by atoms with van der Waals surface area (Å²) in [7, 11) is 3.52. The second-order valence-corrected chi connectivity index (χ2v) is 11.2. The van der Waals surface area contributed by atoms with Gasteiger partial charge in [-0.25, -0.2) is 0 Å². The molecule has 0 radical (unpaired) electrons. The normalized spacial score (nSPS) is 18.5. The minimum absolute atomic E-state index is 0.00352. The van der Waals surface area contributed by atoms with Gasteiger partial charge in [-0.15, -0.1) is 0 Å². The van der Waals surface area contributed by atoms with E-state index in [-0.39, 0.29) is 18.5 Å². The van der Waals surface area contributed by atoms with Crippen LogP contribution >= 0.6 is 11.6 Å². The summed E-state index contributed by atoms with van der Waals surface area (Å²) < 4.78 is 44.3. The zero-order chi connectivity index (χ0) is 30.0. The Bertz CT molecular complexity index is 1510. The molecule has 9 heteroatoms. The molecule has 1 saturated carbocycles. The van der Waals surface area contributed by atoms with Crippen LogP contribution in [0.4, 0.5) is 13.2 Å². The molecule has 1 N–H and O–H groups in total. The molecule has 5 rings (SSSR count). The number of benzene rings is 3. The minimum atomic E-state index is -4.93. The van der Waals surface area contributed by atoms with Gasteiger partial charge in [-0.2, -0.15) is 13.2 Å². The molecule has 0 aliphatic heterocycles. The van der Waals surface area contributed by atoms with Gasteiger partial charge in [-0.05, 0) is 67.1 Å². The van der Waals surface area contributed by atoms with E-state index in [0.29, 0.717) is 34.4 Å². The first-order valence-electron chi connectivity index (χ1n) is 13.9. The molecule has 5 nitrogen and oxygen atoms in total. The van der Waals surface area contributed by atoms with Crippen LogP contribution < -0.4 is 10.1 Å². The van der Waals surface area contributed by atoms with Gasteiger partial charge in [0, 0.05) is 41.7 Å². The maximum Gasteiger partial charge on any atom is 0.454 e. The molecule has 1 fully saturated rings. The van der Waals surface area contributed by atoms with Crippen molar-refractivity contribution in [1.29, 1.82) is 0 Å². The molecular weight excluding hydrogens is 565 g/mol. The van der Waals surface area contributed by atoms with Crippen LogP contribution in [0, 0.1) is 0 Å². The Hall–Kier alpha value is -3.62. The van der Waals surface area contributed by atoms with Gasteiger partial charge in [0.05, 0.1) is 12.1 Å². The number of rotatable bonds is 8. The van der Waals surface area contributed by atoms with Crippen molar-refractivity contribution in [1.82, 2.24) is 10.2 Å². The standard InChI is InChI=1S/C33H32ClF3N2O3/c1-38-25-12-14-26(15-13-25)39(32(41)28-18-23-5-3-4-6-27(23)30(28)34)19-24-17-22(11-16-29(24)42-2)20-7-9-21(10-8-20)31(40)33(35,36)37/h3-11,16-17,25-26,38H,12-15,18-19H2,1-2H3. The van der Waals surface area contributed by atoms with Gasteiger partial charge in [0.25, 0.3) is 11.7 Å². The number of amides is 1. The third kappa shape index (κ3) is 6.10. The summed E-state index contributed by atoms with van der Waals surface area (Å²) in [5.74, 6) is -1.39. The van der Waals surface area contributed by atoms with Gasteiger partial charge in [0.2, 0.25) is 0 Å². The molecule has 2 aliphatic rings. The number of methoxy groups -OCH3 is 1. The molecule has 0 heterocycles. The van der Waals surface area contributed by atoms with E-state index in [9.17, 15) is 22.8 Å². The first-order chi connectivity index (χ1) is 20.1. The summed E-state index contributed by atoms with van der Waals surface area (Å²) in [5.41, 5.74) is 4.20. The average Bonchev–Trinajstić information content (AvgIpc) is 3.35. The zero-order valence-corrected chi connectivity index (χ0v) is 24.2. The highest BCUT2D eigenvalue weighted by atomic mass is 35.5. The maximum absolute atomic E-state index is 14.2. The fourth-order valence-corrected chi connectivity index (χ4v) is 6.28. The number of carbonyl (C=O) groups excluding carboxylic acids is 2. The quantitative estimate of drug-likeness (QED) is 0.280. The monoisotopic (exact) mass is 596 g/mol. The molecule has 0 unspecified atom stereocenters. The van der Waals surface area contributed by atoms with Crippen molar-refractivity contribution in [3.63, 3.8) is 0 Å². The number of hydrogen-bond acceptors (Lipinski definition) is 4. The number of ketones is 1. The van der Waals surface area contributed by atoms with E-state index in [4.69, 9.17) is 16.3 Å². The predicted octanol–water partition coefficient (Wildman–Crippen LogP) is 7.17. The summed E-state index contributed by atoms with van der Waals surface area (Å²) >= 11 is 6.77. The number of hydrogen-bond donors (Lipinski definition) is 1. The summed E-state index contributed by atoms with van der Waals surface area (Å²) in [4.78, 5) is 27.8. The molecule has 0 spiro atoms. The lowest BCUT2D eigenvalue weighted by Crippen LogP contribution is -2.45. The molecule has 42 heavy (non-hydrogen) atoms. The van der Waals surface area contributed by atoms with Crippen LogP contribution in [0.15, 0.2) is 72.3 Å². The predicted molar refractivity (Wildman–Crippen MR) is 157 cm³/mol. The Morgan fingerprint density at radius 2 is 1.64 bits per heavy atom. The first kappa shape index (κ1) is 29.9. The van der Waals surface area contributed by atoms with E-state index in [1.807, 2.05) is 42.3 Å². The summed E-state index contributed by atoms with van der Waals surface area (Å²) in [6, 6.07) is 19.0. The lowest BCUT2D eigenvalue weighted by molar-refractivity contribution is -0.130. The smallest absolute Gasteiger partial charge is 0.454 e. The van der Waals surface area contributed by atoms with E-state index in [1.165, 1.54) is 24.3 Å². The van der Waals surface area contributed by atoms with E-state index in [2.05, 4.69) is 5.32 Å². The van der Waals surface area contributed by atoms with E-state index >= 15 is 0 Å². The van der Waals surface area contributed by atoms with Crippen molar-refractivity contribution in [3.8, 4) is 16.9 Å². The molecule has 220 valence electrons. The number of nitrogens with zero attached hydrogens (tertiary/aromatic N) is 1. The molecule has 3 aromatic carbocycles. The summed E-state index contributed by atoms with van der Waals surface area (Å²) in [6.45, 7) is 0.277. The maximum atomic E-state index is 14.2. The lowest BCUT2D eigenvalue weighted by atomic mass is 9.89. The van der Waals surface area contributed by atoms with Crippen LogP contribution in [0.1, 0.15) is 52.7 Å². The second-order valence-electron chi connectivity index (χ2n) is 10.8.